The van der Waals surface area contributed by atoms with Crippen LogP contribution in [0.25, 0.3) is 11.4 Å². The normalized spacial score (nSPS) is 14.3. The van der Waals surface area contributed by atoms with E-state index in [9.17, 15) is 22.8 Å². The smallest absolute Gasteiger partial charge is 0.299 e. The number of rotatable bonds is 5. The van der Waals surface area contributed by atoms with Gasteiger partial charge >= 0.3 is 6.18 Å². The Morgan fingerprint density at radius 1 is 1.09 bits per heavy atom. The zero-order chi connectivity index (χ0) is 23.8. The first kappa shape index (κ1) is 22.6. The maximum absolute atomic E-state index is 12.9. The molecular formula is C24H21F3N4O2. The molecule has 0 bridgehead atoms. The van der Waals surface area contributed by atoms with Crippen molar-refractivity contribution in [3.05, 3.63) is 76.5 Å². The summed E-state index contributed by atoms with van der Waals surface area (Å²) in [6, 6.07) is 4.06. The van der Waals surface area contributed by atoms with Crippen molar-refractivity contribution >= 4 is 17.1 Å². The lowest BCUT2D eigenvalue weighted by Gasteiger charge is -2.14. The highest BCUT2D eigenvalue weighted by molar-refractivity contribution is 5.98. The number of hydrogen-bond donors (Lipinski definition) is 0. The van der Waals surface area contributed by atoms with Crippen LogP contribution in [0.1, 0.15) is 57.7 Å². The van der Waals surface area contributed by atoms with E-state index in [4.69, 9.17) is 0 Å². The van der Waals surface area contributed by atoms with E-state index in [1.807, 2.05) is 19.1 Å². The Balaban J connectivity index is 1.51. The number of Topliss-reactive ketones (excluding diaryl/α,β-unsaturated/α-hetero) is 2. The molecule has 3 heterocycles. The van der Waals surface area contributed by atoms with E-state index in [1.54, 1.807) is 13.1 Å². The molecule has 0 atom stereocenters. The fourth-order valence-electron chi connectivity index (χ4n) is 3.87. The van der Waals surface area contributed by atoms with Gasteiger partial charge in [-0.1, -0.05) is 12.1 Å². The fraction of sp³-hybridized carbons (Fsp3) is 0.292. The van der Waals surface area contributed by atoms with Gasteiger partial charge in [0, 0.05) is 31.7 Å². The Kier molecular flexibility index (Phi) is 5.97. The fourth-order valence-corrected chi connectivity index (χ4v) is 3.87. The van der Waals surface area contributed by atoms with Crippen molar-refractivity contribution in [1.29, 1.82) is 0 Å². The van der Waals surface area contributed by atoms with Crippen LogP contribution in [0.4, 0.5) is 13.2 Å². The highest BCUT2D eigenvalue weighted by atomic mass is 19.4. The van der Waals surface area contributed by atoms with E-state index >= 15 is 0 Å². The predicted molar refractivity (Wildman–Crippen MR) is 115 cm³/mol. The molecule has 0 unspecified atom stereocenters. The molecule has 0 aliphatic heterocycles. The van der Waals surface area contributed by atoms with Gasteiger partial charge in [0.25, 0.3) is 0 Å². The molecule has 4 rings (SSSR count). The average molecular weight is 454 g/mol. The van der Waals surface area contributed by atoms with Crippen LogP contribution in [-0.2, 0) is 17.4 Å². The van der Waals surface area contributed by atoms with E-state index in [2.05, 4.69) is 15.1 Å². The first-order valence-electron chi connectivity index (χ1n) is 10.4. The van der Waals surface area contributed by atoms with Crippen molar-refractivity contribution in [2.75, 3.05) is 0 Å². The van der Waals surface area contributed by atoms with Gasteiger partial charge in [0.1, 0.15) is 5.78 Å². The molecule has 3 aromatic heterocycles. The summed E-state index contributed by atoms with van der Waals surface area (Å²) in [5, 5.41) is 4.14. The second kappa shape index (κ2) is 8.73. The third-order valence-corrected chi connectivity index (χ3v) is 5.66. The second-order valence-electron chi connectivity index (χ2n) is 8.04. The van der Waals surface area contributed by atoms with E-state index in [0.717, 1.165) is 34.7 Å². The molecule has 0 saturated heterocycles. The predicted octanol–water partition coefficient (Wildman–Crippen LogP) is 4.86. The molecule has 1 aliphatic rings. The Bertz CT molecular complexity index is 1260. The minimum absolute atomic E-state index is 0.110. The van der Waals surface area contributed by atoms with Crippen LogP contribution in [0.2, 0.25) is 0 Å². The summed E-state index contributed by atoms with van der Waals surface area (Å²) >= 11 is 0. The number of aromatic nitrogens is 4. The number of carbonyl (C=O) groups excluding carboxylic acids is 2. The highest BCUT2D eigenvalue weighted by Crippen LogP contribution is 2.29. The number of ketones is 2. The van der Waals surface area contributed by atoms with Gasteiger partial charge in [-0.25, -0.2) is 9.67 Å². The molecule has 0 radical (unpaired) electrons. The lowest BCUT2D eigenvalue weighted by atomic mass is 9.93. The van der Waals surface area contributed by atoms with Crippen molar-refractivity contribution in [2.24, 2.45) is 0 Å². The molecule has 3 aromatic rings. The standard InChI is InChI=1S/C24H21F3N4O2/c1-14-9-16(11-29-23(14)17-3-6-19(32)7-4-17)10-21(33)20-13-30-31(15(20)2)22-8-5-18(12-28-22)24(25,26)27/h3,5,8-9,11-13H,4,6-7,10H2,1-2H3. The molecule has 6 nitrogen and oxygen atoms in total. The minimum atomic E-state index is -4.47. The number of hydrogen-bond acceptors (Lipinski definition) is 5. The van der Waals surface area contributed by atoms with Crippen LogP contribution in [0.15, 0.2) is 42.9 Å². The van der Waals surface area contributed by atoms with E-state index in [-0.39, 0.29) is 23.8 Å². The van der Waals surface area contributed by atoms with Gasteiger partial charge in [-0.15, -0.1) is 0 Å². The summed E-state index contributed by atoms with van der Waals surface area (Å²) in [5.41, 5.74) is 3.57. The van der Waals surface area contributed by atoms with Crippen molar-refractivity contribution in [3.8, 4) is 5.82 Å². The maximum Gasteiger partial charge on any atom is 0.417 e. The first-order chi connectivity index (χ1) is 15.6. The lowest BCUT2D eigenvalue weighted by Crippen LogP contribution is -2.10. The van der Waals surface area contributed by atoms with Crippen LogP contribution in [0, 0.1) is 13.8 Å². The van der Waals surface area contributed by atoms with Gasteiger partial charge in [-0.2, -0.15) is 18.3 Å². The van der Waals surface area contributed by atoms with Crippen molar-refractivity contribution in [1.82, 2.24) is 19.7 Å². The summed E-state index contributed by atoms with van der Waals surface area (Å²) in [4.78, 5) is 32.7. The summed E-state index contributed by atoms with van der Waals surface area (Å²) in [7, 11) is 0. The summed E-state index contributed by atoms with van der Waals surface area (Å²) in [6.45, 7) is 3.59. The Morgan fingerprint density at radius 3 is 2.48 bits per heavy atom. The molecule has 9 heteroatoms. The molecule has 0 N–H and O–H groups in total. The molecule has 0 spiro atoms. The quantitative estimate of drug-likeness (QED) is 0.515. The molecule has 33 heavy (non-hydrogen) atoms. The number of pyridine rings is 2. The molecule has 0 fully saturated rings. The Labute approximate surface area is 188 Å². The van der Waals surface area contributed by atoms with Gasteiger partial charge in [0.15, 0.2) is 11.6 Å². The van der Waals surface area contributed by atoms with Crippen molar-refractivity contribution < 1.29 is 22.8 Å². The molecule has 170 valence electrons. The topological polar surface area (TPSA) is 77.7 Å². The van der Waals surface area contributed by atoms with Crippen LogP contribution in [-0.4, -0.2) is 31.3 Å². The highest BCUT2D eigenvalue weighted by Gasteiger charge is 2.31. The molecule has 0 aromatic carbocycles. The zero-order valence-electron chi connectivity index (χ0n) is 18.1. The van der Waals surface area contributed by atoms with Gasteiger partial charge in [0.05, 0.1) is 28.7 Å². The number of aryl methyl sites for hydroxylation is 1. The van der Waals surface area contributed by atoms with Gasteiger partial charge in [-0.3, -0.25) is 14.6 Å². The zero-order valence-corrected chi connectivity index (χ0v) is 18.1. The summed E-state index contributed by atoms with van der Waals surface area (Å²) in [5.74, 6) is 0.240. The molecular weight excluding hydrogens is 433 g/mol. The van der Waals surface area contributed by atoms with Gasteiger partial charge < -0.3 is 0 Å². The molecule has 1 aliphatic carbocycles. The van der Waals surface area contributed by atoms with Gasteiger partial charge in [0.2, 0.25) is 0 Å². The van der Waals surface area contributed by atoms with Crippen LogP contribution in [0.3, 0.4) is 0 Å². The third-order valence-electron chi connectivity index (χ3n) is 5.66. The Hall–Kier alpha value is -3.62. The van der Waals surface area contributed by atoms with Crippen LogP contribution in [0.5, 0.6) is 0 Å². The maximum atomic E-state index is 12.9. The molecule has 0 amide bonds. The first-order valence-corrected chi connectivity index (χ1v) is 10.4. The lowest BCUT2D eigenvalue weighted by molar-refractivity contribution is -0.137. The monoisotopic (exact) mass is 454 g/mol. The number of allylic oxidation sites excluding steroid dienone is 2. The number of alkyl halides is 3. The number of halogens is 3. The average Bonchev–Trinajstić information content (AvgIpc) is 3.15. The second-order valence-corrected chi connectivity index (χ2v) is 8.04. The van der Waals surface area contributed by atoms with Crippen molar-refractivity contribution in [3.63, 3.8) is 0 Å². The van der Waals surface area contributed by atoms with Crippen LogP contribution >= 0.6 is 0 Å². The minimum Gasteiger partial charge on any atom is -0.299 e. The van der Waals surface area contributed by atoms with Crippen LogP contribution < -0.4 is 0 Å². The van der Waals surface area contributed by atoms with E-state index in [1.165, 1.54) is 16.9 Å². The van der Waals surface area contributed by atoms with Gasteiger partial charge in [-0.05, 0) is 49.1 Å². The third kappa shape index (κ3) is 4.76. The summed E-state index contributed by atoms with van der Waals surface area (Å²) in [6.07, 6.45) is 2.96. The van der Waals surface area contributed by atoms with E-state index in [0.29, 0.717) is 30.5 Å². The largest absolute Gasteiger partial charge is 0.417 e. The van der Waals surface area contributed by atoms with E-state index < -0.39 is 11.7 Å². The number of nitrogens with zero attached hydrogens (tertiary/aromatic N) is 4. The van der Waals surface area contributed by atoms with Crippen molar-refractivity contribution in [2.45, 2.75) is 45.7 Å². The SMILES string of the molecule is Cc1cc(CC(=O)c2cnn(-c3ccc(C(F)(F)F)cn3)c2C)cnc1C1=CCC(=O)CC1. The molecule has 0 saturated carbocycles. The summed E-state index contributed by atoms with van der Waals surface area (Å²) < 4.78 is 39.6. The number of carbonyl (C=O) groups is 2. The Morgan fingerprint density at radius 2 is 1.88 bits per heavy atom.